The van der Waals surface area contributed by atoms with Crippen molar-refractivity contribution in [1.29, 1.82) is 0 Å². The quantitative estimate of drug-likeness (QED) is 0.748. The highest BCUT2D eigenvalue weighted by molar-refractivity contribution is 7.71. The van der Waals surface area contributed by atoms with E-state index < -0.39 is 5.56 Å². The van der Waals surface area contributed by atoms with E-state index in [0.717, 1.165) is 5.56 Å². The number of H-pyrrole nitrogens is 1. The van der Waals surface area contributed by atoms with Crippen molar-refractivity contribution < 1.29 is 5.11 Å². The largest absolute Gasteiger partial charge is 0.494 e. The van der Waals surface area contributed by atoms with Crippen LogP contribution in [-0.2, 0) is 7.05 Å². The molecule has 0 amide bonds. The zero-order valence-electron chi connectivity index (χ0n) is 13.8. The van der Waals surface area contributed by atoms with Crippen molar-refractivity contribution in [3.63, 3.8) is 0 Å². The molecule has 0 spiro atoms. The molecule has 3 N–H and O–H groups in total. The Hall–Kier alpha value is -2.41. The molecule has 0 radical (unpaired) electrons. The summed E-state index contributed by atoms with van der Waals surface area (Å²) in [5, 5.41) is 14.5. The third-order valence-electron chi connectivity index (χ3n) is 4.34. The summed E-state index contributed by atoms with van der Waals surface area (Å²) in [5.41, 5.74) is 5.69. The summed E-state index contributed by atoms with van der Waals surface area (Å²) in [6.07, 6.45) is 0.522. The normalized spacial score (nSPS) is 17.0. The molecule has 0 bridgehead atoms. The van der Waals surface area contributed by atoms with Crippen LogP contribution >= 0.6 is 12.2 Å². The van der Waals surface area contributed by atoms with Crippen LogP contribution in [0.5, 0.6) is 5.88 Å². The molecule has 1 aliphatic heterocycles. The van der Waals surface area contributed by atoms with Gasteiger partial charge in [-0.05, 0) is 29.3 Å². The Kier molecular flexibility index (Phi) is 4.28. The van der Waals surface area contributed by atoms with E-state index in [2.05, 4.69) is 53.6 Å². The summed E-state index contributed by atoms with van der Waals surface area (Å²) in [6.45, 7) is 4.31. The number of nitrogens with one attached hydrogen (secondary N) is 2. The van der Waals surface area contributed by atoms with Gasteiger partial charge >= 0.3 is 0 Å². The first kappa shape index (κ1) is 16.4. The van der Waals surface area contributed by atoms with Crippen molar-refractivity contribution in [3.05, 3.63) is 56.1 Å². The molecule has 1 aromatic heterocycles. The number of aromatic nitrogens is 2. The van der Waals surface area contributed by atoms with E-state index in [-0.39, 0.29) is 22.3 Å². The van der Waals surface area contributed by atoms with E-state index >= 15 is 0 Å². The van der Waals surface area contributed by atoms with Crippen LogP contribution in [-0.4, -0.2) is 20.4 Å². The predicted octanol–water partition coefficient (Wildman–Crippen LogP) is 2.71. The maximum absolute atomic E-state index is 12.2. The van der Waals surface area contributed by atoms with Gasteiger partial charge in [0.2, 0.25) is 5.88 Å². The van der Waals surface area contributed by atoms with Crippen LogP contribution in [0.3, 0.4) is 0 Å². The van der Waals surface area contributed by atoms with Crippen molar-refractivity contribution in [2.75, 3.05) is 0 Å². The van der Waals surface area contributed by atoms with Gasteiger partial charge in [0.25, 0.3) is 5.56 Å². The molecule has 7 heteroatoms. The number of hydrogen-bond acceptors (Lipinski definition) is 5. The highest BCUT2D eigenvalue weighted by Gasteiger charge is 2.26. The Morgan fingerprint density at radius 1 is 1.33 bits per heavy atom. The summed E-state index contributed by atoms with van der Waals surface area (Å²) in [5.74, 6) is 0.315. The summed E-state index contributed by atoms with van der Waals surface area (Å²) in [4.78, 5) is 14.7. The average molecular weight is 344 g/mol. The summed E-state index contributed by atoms with van der Waals surface area (Å²) in [7, 11) is 1.60. The van der Waals surface area contributed by atoms with E-state index in [0.29, 0.717) is 18.1 Å². The first-order valence-corrected chi connectivity index (χ1v) is 8.24. The van der Waals surface area contributed by atoms with E-state index in [1.165, 1.54) is 10.1 Å². The standard InChI is InChI=1S/C17H20N4O2S/c1-9(2)10-4-6-11(7-5-10)12-8-13(20-19-12)14-15(22)18-17(24)21(3)16(14)23/h4-7,9,12,19,23H,8H2,1-3H3,(H,18,22,24). The molecular formula is C17H20N4O2S. The second kappa shape index (κ2) is 6.24. The minimum atomic E-state index is -0.424. The zero-order valence-corrected chi connectivity index (χ0v) is 14.6. The lowest BCUT2D eigenvalue weighted by atomic mass is 9.96. The van der Waals surface area contributed by atoms with Crippen LogP contribution in [0.25, 0.3) is 0 Å². The smallest absolute Gasteiger partial charge is 0.264 e. The fourth-order valence-corrected chi connectivity index (χ4v) is 2.95. The van der Waals surface area contributed by atoms with E-state index in [9.17, 15) is 9.90 Å². The molecule has 3 rings (SSSR count). The minimum absolute atomic E-state index is 0.0199. The van der Waals surface area contributed by atoms with Gasteiger partial charge in [0, 0.05) is 13.5 Å². The molecule has 24 heavy (non-hydrogen) atoms. The lowest BCUT2D eigenvalue weighted by molar-refractivity contribution is 0.419. The predicted molar refractivity (Wildman–Crippen MR) is 96.1 cm³/mol. The van der Waals surface area contributed by atoms with Gasteiger partial charge in [0.1, 0.15) is 5.56 Å². The van der Waals surface area contributed by atoms with Crippen molar-refractivity contribution in [3.8, 4) is 5.88 Å². The van der Waals surface area contributed by atoms with Gasteiger partial charge in [0.15, 0.2) is 4.77 Å². The molecule has 0 aliphatic carbocycles. The molecule has 1 atom stereocenters. The topological polar surface area (TPSA) is 82.4 Å². The lowest BCUT2D eigenvalue weighted by Crippen LogP contribution is -2.21. The number of benzene rings is 1. The highest BCUT2D eigenvalue weighted by atomic mass is 32.1. The third-order valence-corrected chi connectivity index (χ3v) is 4.72. The fraction of sp³-hybridized carbons (Fsp3) is 0.353. The molecule has 1 aromatic carbocycles. The van der Waals surface area contributed by atoms with Crippen LogP contribution in [0, 0.1) is 4.77 Å². The molecule has 0 saturated carbocycles. The highest BCUT2D eigenvalue weighted by Crippen LogP contribution is 2.27. The number of aromatic hydroxyl groups is 1. The lowest BCUT2D eigenvalue weighted by Gasteiger charge is -2.12. The van der Waals surface area contributed by atoms with Gasteiger partial charge in [-0.2, -0.15) is 5.10 Å². The second-order valence-corrected chi connectivity index (χ2v) is 6.67. The van der Waals surface area contributed by atoms with Gasteiger partial charge in [-0.3, -0.25) is 14.3 Å². The fourth-order valence-electron chi connectivity index (χ4n) is 2.77. The SMILES string of the molecule is CC(C)c1ccc(C2CC(c3c(O)n(C)c(=S)[nH]c3=O)=NN2)cc1. The molecule has 1 unspecified atom stereocenters. The number of hydrazone groups is 1. The van der Waals surface area contributed by atoms with Crippen molar-refractivity contribution in [2.24, 2.45) is 12.1 Å². The van der Waals surface area contributed by atoms with Crippen molar-refractivity contribution in [2.45, 2.75) is 32.2 Å². The van der Waals surface area contributed by atoms with Crippen LogP contribution in [0.4, 0.5) is 0 Å². The molecule has 0 saturated heterocycles. The van der Waals surface area contributed by atoms with Gasteiger partial charge in [-0.15, -0.1) is 0 Å². The first-order chi connectivity index (χ1) is 11.4. The summed E-state index contributed by atoms with van der Waals surface area (Å²) in [6, 6.07) is 8.34. The Labute approximate surface area is 144 Å². The minimum Gasteiger partial charge on any atom is -0.494 e. The van der Waals surface area contributed by atoms with Crippen LogP contribution in [0.15, 0.2) is 34.2 Å². The number of rotatable bonds is 3. The second-order valence-electron chi connectivity index (χ2n) is 6.28. The van der Waals surface area contributed by atoms with E-state index in [4.69, 9.17) is 12.2 Å². The molecule has 6 nitrogen and oxygen atoms in total. The van der Waals surface area contributed by atoms with E-state index in [1.54, 1.807) is 7.05 Å². The summed E-state index contributed by atoms with van der Waals surface area (Å²) >= 11 is 4.99. The Bertz CT molecular complexity index is 910. The monoisotopic (exact) mass is 344 g/mol. The van der Waals surface area contributed by atoms with Gasteiger partial charge < -0.3 is 10.5 Å². The molecule has 2 aromatic rings. The van der Waals surface area contributed by atoms with E-state index in [1.807, 2.05) is 0 Å². The molecule has 1 aliphatic rings. The van der Waals surface area contributed by atoms with Gasteiger partial charge in [-0.25, -0.2) is 0 Å². The molecule has 2 heterocycles. The van der Waals surface area contributed by atoms with Crippen molar-refractivity contribution >= 4 is 17.9 Å². The maximum atomic E-state index is 12.2. The number of hydrogen-bond donors (Lipinski definition) is 3. The average Bonchev–Trinajstić information content (AvgIpc) is 3.02. The van der Waals surface area contributed by atoms with Gasteiger partial charge in [0.05, 0.1) is 11.8 Å². The zero-order chi connectivity index (χ0) is 17.4. The molecule has 126 valence electrons. The summed E-state index contributed by atoms with van der Waals surface area (Å²) < 4.78 is 1.54. The van der Waals surface area contributed by atoms with Gasteiger partial charge in [-0.1, -0.05) is 38.1 Å². The van der Waals surface area contributed by atoms with Crippen LogP contribution in [0.2, 0.25) is 0 Å². The Morgan fingerprint density at radius 2 is 2.00 bits per heavy atom. The van der Waals surface area contributed by atoms with Crippen LogP contribution < -0.4 is 11.0 Å². The van der Waals surface area contributed by atoms with Crippen LogP contribution in [0.1, 0.15) is 48.9 Å². The van der Waals surface area contributed by atoms with Crippen molar-refractivity contribution in [1.82, 2.24) is 15.0 Å². The molecule has 0 fully saturated rings. The maximum Gasteiger partial charge on any atom is 0.264 e. The number of nitrogens with zero attached hydrogens (tertiary/aromatic N) is 2. The molecular weight excluding hydrogens is 324 g/mol. The first-order valence-electron chi connectivity index (χ1n) is 7.83. The number of aromatic amines is 1. The Balaban J connectivity index is 1.87. The third kappa shape index (κ3) is 2.87. The Morgan fingerprint density at radius 3 is 2.62 bits per heavy atom.